The Morgan fingerprint density at radius 2 is 1.86 bits per heavy atom. The largest absolute Gasteiger partial charge is 0.392 e. The van der Waals surface area contributed by atoms with E-state index in [0.717, 1.165) is 34.2 Å². The summed E-state index contributed by atoms with van der Waals surface area (Å²) in [5, 5.41) is 3.77. The van der Waals surface area contributed by atoms with E-state index in [4.69, 9.17) is 4.84 Å². The molecule has 0 saturated heterocycles. The predicted molar refractivity (Wildman–Crippen MR) is 108 cm³/mol. The normalized spacial score (nSPS) is 22.0. The third kappa shape index (κ3) is 3.98. The lowest BCUT2D eigenvalue weighted by atomic mass is 9.73. The van der Waals surface area contributed by atoms with Gasteiger partial charge in [0, 0.05) is 31.0 Å². The third-order valence-corrected chi connectivity index (χ3v) is 5.77. The van der Waals surface area contributed by atoms with Crippen molar-refractivity contribution in [3.05, 3.63) is 46.5 Å². The minimum Gasteiger partial charge on any atom is -0.392 e. The second kappa shape index (κ2) is 8.63. The first-order valence-electron chi connectivity index (χ1n) is 9.90. The van der Waals surface area contributed by atoms with Crippen molar-refractivity contribution in [3.8, 4) is 0 Å². The van der Waals surface area contributed by atoms with Gasteiger partial charge < -0.3 is 4.84 Å². The van der Waals surface area contributed by atoms with Crippen molar-refractivity contribution in [2.45, 2.75) is 58.3 Å². The van der Waals surface area contributed by atoms with Gasteiger partial charge in [-0.15, -0.1) is 0 Å². The Morgan fingerprint density at radius 3 is 2.54 bits per heavy atom. The summed E-state index contributed by atoms with van der Waals surface area (Å²) in [6.07, 6.45) is 6.16. The van der Waals surface area contributed by atoms with Crippen molar-refractivity contribution in [2.24, 2.45) is 11.1 Å². The van der Waals surface area contributed by atoms with Crippen LogP contribution < -0.4 is 0 Å². The van der Waals surface area contributed by atoms with Crippen molar-refractivity contribution < 1.29 is 19.2 Å². The van der Waals surface area contributed by atoms with Gasteiger partial charge in [0.15, 0.2) is 5.78 Å². The summed E-state index contributed by atoms with van der Waals surface area (Å²) in [6, 6.07) is 2.03. The molecule has 0 aromatic heterocycles. The molecule has 1 saturated carbocycles. The fourth-order valence-electron chi connectivity index (χ4n) is 4.66. The molecule has 1 aromatic carbocycles. The molecule has 0 unspecified atom stereocenters. The number of nitrogens with zero attached hydrogens (tertiary/aromatic N) is 1. The number of hydrogen-bond acceptors (Lipinski definition) is 5. The number of carbonyl (C=O) groups is 3. The van der Waals surface area contributed by atoms with Gasteiger partial charge in [0.05, 0.1) is 5.92 Å². The first-order valence-corrected chi connectivity index (χ1v) is 9.90. The molecule has 5 heteroatoms. The monoisotopic (exact) mass is 381 g/mol. The zero-order chi connectivity index (χ0) is 20.3. The second-order valence-corrected chi connectivity index (χ2v) is 7.74. The van der Waals surface area contributed by atoms with Gasteiger partial charge in [-0.05, 0) is 61.3 Å². The van der Waals surface area contributed by atoms with Crippen molar-refractivity contribution in [1.29, 1.82) is 0 Å². The van der Waals surface area contributed by atoms with Crippen molar-refractivity contribution >= 4 is 23.6 Å². The van der Waals surface area contributed by atoms with Crippen LogP contribution in [0.15, 0.2) is 23.9 Å². The molecular weight excluding hydrogens is 354 g/mol. The Bertz CT molecular complexity index is 835. The number of hydrogen-bond donors (Lipinski definition) is 0. The van der Waals surface area contributed by atoms with Gasteiger partial charge in [0.25, 0.3) is 0 Å². The predicted octanol–water partition coefficient (Wildman–Crippen LogP) is 4.03. The minimum atomic E-state index is -0.553. The van der Waals surface area contributed by atoms with Crippen LogP contribution in [0, 0.1) is 19.8 Å². The van der Waals surface area contributed by atoms with Gasteiger partial charge >= 0.3 is 0 Å². The zero-order valence-corrected chi connectivity index (χ0v) is 16.6. The number of rotatable bonds is 7. The SMILES string of the molecule is C=CCON=CCCC1C(=O)CC(c2c(C)cc(C)c3c2CCC3=O)CC1=O. The molecule has 28 heavy (non-hydrogen) atoms. The van der Waals surface area contributed by atoms with E-state index in [1.165, 1.54) is 0 Å². The Labute approximate surface area is 165 Å². The molecule has 0 radical (unpaired) electrons. The maximum absolute atomic E-state index is 12.7. The summed E-state index contributed by atoms with van der Waals surface area (Å²) in [4.78, 5) is 42.6. The maximum atomic E-state index is 12.7. The number of fused-ring (bicyclic) bond motifs is 1. The van der Waals surface area contributed by atoms with E-state index < -0.39 is 5.92 Å². The van der Waals surface area contributed by atoms with E-state index in [2.05, 4.69) is 11.7 Å². The molecular formula is C23H27NO4. The molecule has 0 heterocycles. The topological polar surface area (TPSA) is 72.8 Å². The van der Waals surface area contributed by atoms with Crippen molar-refractivity contribution in [1.82, 2.24) is 0 Å². The van der Waals surface area contributed by atoms with Gasteiger partial charge in [-0.1, -0.05) is 23.9 Å². The van der Waals surface area contributed by atoms with Crippen molar-refractivity contribution in [3.63, 3.8) is 0 Å². The summed E-state index contributed by atoms with van der Waals surface area (Å²) in [6.45, 7) is 7.85. The molecule has 0 atom stereocenters. The first-order chi connectivity index (χ1) is 13.4. The van der Waals surface area contributed by atoms with Crippen molar-refractivity contribution in [2.75, 3.05) is 6.61 Å². The fourth-order valence-corrected chi connectivity index (χ4v) is 4.66. The lowest BCUT2D eigenvalue weighted by molar-refractivity contribution is -0.136. The van der Waals surface area contributed by atoms with Crippen LogP contribution in [0.2, 0.25) is 0 Å². The van der Waals surface area contributed by atoms with Gasteiger partial charge in [0.2, 0.25) is 0 Å². The van der Waals surface area contributed by atoms with Crippen LogP contribution >= 0.6 is 0 Å². The molecule has 2 aliphatic carbocycles. The number of Topliss-reactive ketones (excluding diaryl/α,β-unsaturated/α-hetero) is 3. The van der Waals surface area contributed by atoms with E-state index in [0.29, 0.717) is 38.7 Å². The van der Waals surface area contributed by atoms with Crippen LogP contribution in [-0.2, 0) is 20.8 Å². The van der Waals surface area contributed by atoms with E-state index in [1.54, 1.807) is 12.3 Å². The number of oxime groups is 1. The average Bonchev–Trinajstić information content (AvgIpc) is 3.01. The molecule has 148 valence electrons. The summed E-state index contributed by atoms with van der Waals surface area (Å²) in [5.41, 5.74) is 5.03. The highest BCUT2D eigenvalue weighted by Crippen LogP contribution is 2.41. The maximum Gasteiger partial charge on any atom is 0.163 e. The zero-order valence-electron chi connectivity index (χ0n) is 16.6. The highest BCUT2D eigenvalue weighted by molar-refractivity contribution is 6.06. The smallest absolute Gasteiger partial charge is 0.163 e. The first kappa shape index (κ1) is 20.2. The molecule has 2 aliphatic rings. The molecule has 0 N–H and O–H groups in total. The quantitative estimate of drug-likeness (QED) is 0.235. The highest BCUT2D eigenvalue weighted by Gasteiger charge is 2.38. The molecule has 3 rings (SSSR count). The average molecular weight is 381 g/mol. The Morgan fingerprint density at radius 1 is 1.14 bits per heavy atom. The Balaban J connectivity index is 1.73. The van der Waals surface area contributed by atoms with Crippen LogP contribution in [0.4, 0.5) is 0 Å². The van der Waals surface area contributed by atoms with Gasteiger partial charge in [-0.3, -0.25) is 14.4 Å². The van der Waals surface area contributed by atoms with E-state index in [1.807, 2.05) is 19.9 Å². The Kier molecular flexibility index (Phi) is 6.22. The van der Waals surface area contributed by atoms with E-state index in [-0.39, 0.29) is 23.3 Å². The molecule has 1 fully saturated rings. The van der Waals surface area contributed by atoms with Crippen LogP contribution in [0.25, 0.3) is 0 Å². The number of ketones is 3. The fraction of sp³-hybridized carbons (Fsp3) is 0.478. The van der Waals surface area contributed by atoms with E-state index in [9.17, 15) is 14.4 Å². The molecule has 0 amide bonds. The number of aryl methyl sites for hydroxylation is 2. The summed E-state index contributed by atoms with van der Waals surface area (Å²) in [7, 11) is 0. The highest BCUT2D eigenvalue weighted by atomic mass is 16.6. The van der Waals surface area contributed by atoms with Gasteiger partial charge in [0.1, 0.15) is 18.2 Å². The van der Waals surface area contributed by atoms with Crippen LogP contribution in [0.5, 0.6) is 0 Å². The molecule has 5 nitrogen and oxygen atoms in total. The standard InChI is InChI=1S/C23H27NO4/c1-4-10-28-24-9-5-6-17-20(26)12-16(13-21(17)27)22-14(2)11-15(3)23-18(22)7-8-19(23)25/h4,9,11,16-17H,1,5-8,10,12-13H2,2-3H3. The number of benzene rings is 1. The minimum absolute atomic E-state index is 0.000270. The summed E-state index contributed by atoms with van der Waals surface area (Å²) in [5.74, 6) is -0.485. The third-order valence-electron chi connectivity index (χ3n) is 5.77. The lowest BCUT2D eigenvalue weighted by Gasteiger charge is -2.29. The number of carbonyl (C=O) groups excluding carboxylic acids is 3. The second-order valence-electron chi connectivity index (χ2n) is 7.74. The molecule has 0 bridgehead atoms. The lowest BCUT2D eigenvalue weighted by Crippen LogP contribution is -2.33. The van der Waals surface area contributed by atoms with Gasteiger partial charge in [-0.25, -0.2) is 0 Å². The molecule has 0 aliphatic heterocycles. The van der Waals surface area contributed by atoms with Gasteiger partial charge in [-0.2, -0.15) is 0 Å². The summed E-state index contributed by atoms with van der Waals surface area (Å²) >= 11 is 0. The Hall–Kier alpha value is -2.56. The van der Waals surface area contributed by atoms with E-state index >= 15 is 0 Å². The van der Waals surface area contributed by atoms with Crippen LogP contribution in [0.1, 0.15) is 70.6 Å². The van der Waals surface area contributed by atoms with Crippen LogP contribution in [0.3, 0.4) is 0 Å². The molecule has 1 aromatic rings. The summed E-state index contributed by atoms with van der Waals surface area (Å²) < 4.78 is 0. The molecule has 0 spiro atoms. The van der Waals surface area contributed by atoms with Crippen LogP contribution in [-0.4, -0.2) is 30.2 Å².